The van der Waals surface area contributed by atoms with E-state index in [9.17, 15) is 9.59 Å². The topological polar surface area (TPSA) is 98.2 Å². The summed E-state index contributed by atoms with van der Waals surface area (Å²) in [6.07, 6.45) is 15.1. The Hall–Kier alpha value is -1.10. The molecule has 1 fully saturated rings. The van der Waals surface area contributed by atoms with Crippen molar-refractivity contribution in [2.24, 2.45) is 11.5 Å². The molecule has 1 aliphatic rings. The van der Waals surface area contributed by atoms with Crippen molar-refractivity contribution in [3.8, 4) is 0 Å². The molecular formula is C18H37N3O2. The molecule has 1 aliphatic heterocycles. The van der Waals surface area contributed by atoms with Gasteiger partial charge in [-0.2, -0.15) is 0 Å². The molecule has 0 aromatic rings. The first-order chi connectivity index (χ1) is 11.1. The van der Waals surface area contributed by atoms with Crippen LogP contribution in [0, 0.1) is 0 Å². The number of nitrogens with two attached hydrogens (primary N) is 2. The molecular weight excluding hydrogens is 290 g/mol. The van der Waals surface area contributed by atoms with Crippen LogP contribution in [0.25, 0.3) is 0 Å². The minimum absolute atomic E-state index is 0.00694. The maximum atomic E-state index is 10.8. The van der Waals surface area contributed by atoms with E-state index in [2.05, 4.69) is 12.2 Å². The normalized spacial score (nSPS) is 17.7. The van der Waals surface area contributed by atoms with Gasteiger partial charge in [0.1, 0.15) is 0 Å². The molecule has 1 saturated heterocycles. The molecule has 2 amide bonds. The Morgan fingerprint density at radius 3 is 2.17 bits per heavy atom. The highest BCUT2D eigenvalue weighted by molar-refractivity contribution is 5.81. The Balaban J connectivity index is 0.000000459. The highest BCUT2D eigenvalue weighted by atomic mass is 16.2. The zero-order valence-corrected chi connectivity index (χ0v) is 14.9. The van der Waals surface area contributed by atoms with E-state index >= 15 is 0 Å². The standard InChI is InChI=1S/C12H25NO.C6H12N2O/c1-2-3-4-5-6-7-8-9-10-11-12(13)14;7-5-3-1-2-4-8-6(5)9/h2-11H2,1H3,(H2,13,14);5H,1-4,7H2,(H,8,9)/t;5-/m.0/s1. The van der Waals surface area contributed by atoms with E-state index in [4.69, 9.17) is 11.5 Å². The third kappa shape index (κ3) is 15.6. The summed E-state index contributed by atoms with van der Waals surface area (Å²) in [5, 5.41) is 2.73. The zero-order valence-electron chi connectivity index (χ0n) is 14.9. The summed E-state index contributed by atoms with van der Waals surface area (Å²) in [6, 6.07) is -0.257. The third-order valence-electron chi connectivity index (χ3n) is 4.10. The highest BCUT2D eigenvalue weighted by Crippen LogP contribution is 2.10. The number of primary amides is 1. The van der Waals surface area contributed by atoms with E-state index in [0.29, 0.717) is 6.42 Å². The minimum atomic E-state index is -0.257. The molecule has 5 N–H and O–H groups in total. The van der Waals surface area contributed by atoms with Gasteiger partial charge in [0.05, 0.1) is 6.04 Å². The third-order valence-corrected chi connectivity index (χ3v) is 4.10. The molecule has 1 heterocycles. The van der Waals surface area contributed by atoms with Gasteiger partial charge >= 0.3 is 0 Å². The summed E-state index contributed by atoms with van der Waals surface area (Å²) >= 11 is 0. The summed E-state index contributed by atoms with van der Waals surface area (Å²) in [6.45, 7) is 3.04. The van der Waals surface area contributed by atoms with Crippen LogP contribution in [0.5, 0.6) is 0 Å². The molecule has 0 saturated carbocycles. The number of amides is 2. The fourth-order valence-electron chi connectivity index (χ4n) is 2.57. The van der Waals surface area contributed by atoms with Crippen LogP contribution in [0.15, 0.2) is 0 Å². The first kappa shape index (κ1) is 21.9. The lowest BCUT2D eigenvalue weighted by molar-refractivity contribution is -0.122. The van der Waals surface area contributed by atoms with Crippen LogP contribution >= 0.6 is 0 Å². The predicted molar refractivity (Wildman–Crippen MR) is 95.9 cm³/mol. The number of carbonyl (C=O) groups excluding carboxylic acids is 2. The van der Waals surface area contributed by atoms with Gasteiger partial charge in [-0.25, -0.2) is 0 Å². The van der Waals surface area contributed by atoms with E-state index in [1.54, 1.807) is 0 Å². The average molecular weight is 328 g/mol. The monoisotopic (exact) mass is 327 g/mol. The van der Waals surface area contributed by atoms with Gasteiger partial charge in [-0.05, 0) is 25.7 Å². The quantitative estimate of drug-likeness (QED) is 0.538. The van der Waals surface area contributed by atoms with Crippen molar-refractivity contribution in [2.75, 3.05) is 6.54 Å². The van der Waals surface area contributed by atoms with Crippen molar-refractivity contribution < 1.29 is 9.59 Å². The molecule has 0 aromatic heterocycles. The Morgan fingerprint density at radius 2 is 1.61 bits per heavy atom. The fraction of sp³-hybridized carbons (Fsp3) is 0.889. The van der Waals surface area contributed by atoms with Crippen molar-refractivity contribution in [3.05, 3.63) is 0 Å². The first-order valence-electron chi connectivity index (χ1n) is 9.39. The number of hydrogen-bond donors (Lipinski definition) is 3. The maximum absolute atomic E-state index is 10.8. The summed E-state index contributed by atoms with van der Waals surface area (Å²) in [5.74, 6) is -0.152. The Kier molecular flexibility index (Phi) is 15.0. The van der Waals surface area contributed by atoms with Crippen molar-refractivity contribution in [3.63, 3.8) is 0 Å². The maximum Gasteiger partial charge on any atom is 0.236 e. The van der Waals surface area contributed by atoms with Gasteiger partial charge in [-0.3, -0.25) is 9.59 Å². The molecule has 1 atom stereocenters. The summed E-state index contributed by atoms with van der Waals surface area (Å²) in [4.78, 5) is 21.2. The summed E-state index contributed by atoms with van der Waals surface area (Å²) in [5.41, 5.74) is 10.5. The number of hydrogen-bond acceptors (Lipinski definition) is 3. The minimum Gasteiger partial charge on any atom is -0.370 e. The average Bonchev–Trinajstić information content (AvgIpc) is 2.71. The fourth-order valence-corrected chi connectivity index (χ4v) is 2.57. The largest absolute Gasteiger partial charge is 0.370 e. The molecule has 1 rings (SSSR count). The smallest absolute Gasteiger partial charge is 0.236 e. The summed E-state index contributed by atoms with van der Waals surface area (Å²) < 4.78 is 0. The van der Waals surface area contributed by atoms with Crippen LogP contribution in [0.1, 0.15) is 90.4 Å². The van der Waals surface area contributed by atoms with Crippen LogP contribution < -0.4 is 16.8 Å². The summed E-state index contributed by atoms with van der Waals surface area (Å²) in [7, 11) is 0. The molecule has 0 spiro atoms. The molecule has 0 aliphatic carbocycles. The van der Waals surface area contributed by atoms with Gasteiger partial charge in [0.25, 0.3) is 0 Å². The van der Waals surface area contributed by atoms with Crippen LogP contribution in [0.2, 0.25) is 0 Å². The van der Waals surface area contributed by atoms with Gasteiger partial charge in [0, 0.05) is 13.0 Å². The van der Waals surface area contributed by atoms with Crippen molar-refractivity contribution in [1.82, 2.24) is 5.32 Å². The second-order valence-corrected chi connectivity index (χ2v) is 6.44. The molecule has 5 heteroatoms. The lowest BCUT2D eigenvalue weighted by atomic mass is 10.1. The molecule has 0 unspecified atom stereocenters. The van der Waals surface area contributed by atoms with E-state index < -0.39 is 0 Å². The van der Waals surface area contributed by atoms with Crippen molar-refractivity contribution >= 4 is 11.8 Å². The lowest BCUT2D eigenvalue weighted by Crippen LogP contribution is -2.38. The Labute approximate surface area is 141 Å². The number of nitrogens with one attached hydrogen (secondary N) is 1. The van der Waals surface area contributed by atoms with E-state index in [0.717, 1.165) is 38.6 Å². The van der Waals surface area contributed by atoms with E-state index in [1.165, 1.54) is 44.9 Å². The van der Waals surface area contributed by atoms with Crippen molar-refractivity contribution in [2.45, 2.75) is 96.4 Å². The molecule has 0 aromatic carbocycles. The molecule has 5 nitrogen and oxygen atoms in total. The number of unbranched alkanes of at least 4 members (excludes halogenated alkanes) is 8. The highest BCUT2D eigenvalue weighted by Gasteiger charge is 2.14. The van der Waals surface area contributed by atoms with Crippen LogP contribution in [0.4, 0.5) is 0 Å². The molecule has 23 heavy (non-hydrogen) atoms. The van der Waals surface area contributed by atoms with E-state index in [1.807, 2.05) is 0 Å². The van der Waals surface area contributed by atoms with Crippen LogP contribution in [0.3, 0.4) is 0 Å². The Bertz CT molecular complexity index is 309. The zero-order chi connectivity index (χ0) is 17.3. The SMILES string of the molecule is CCCCCCCCCCCC(N)=O.N[C@H]1CCCCNC1=O. The molecule has 136 valence electrons. The second-order valence-electron chi connectivity index (χ2n) is 6.44. The van der Waals surface area contributed by atoms with Gasteiger partial charge < -0.3 is 16.8 Å². The van der Waals surface area contributed by atoms with Gasteiger partial charge in [0.15, 0.2) is 0 Å². The Morgan fingerprint density at radius 1 is 1.04 bits per heavy atom. The van der Waals surface area contributed by atoms with Gasteiger partial charge in [-0.1, -0.05) is 58.3 Å². The first-order valence-corrected chi connectivity index (χ1v) is 9.39. The van der Waals surface area contributed by atoms with Crippen LogP contribution in [-0.4, -0.2) is 24.4 Å². The molecule has 0 radical (unpaired) electrons. The second kappa shape index (κ2) is 15.8. The number of rotatable bonds is 10. The van der Waals surface area contributed by atoms with E-state index in [-0.39, 0.29) is 17.9 Å². The van der Waals surface area contributed by atoms with Crippen LogP contribution in [-0.2, 0) is 9.59 Å². The lowest BCUT2D eigenvalue weighted by Gasteiger charge is -2.03. The predicted octanol–water partition coefficient (Wildman–Crippen LogP) is 3.01. The van der Waals surface area contributed by atoms with Crippen molar-refractivity contribution in [1.29, 1.82) is 0 Å². The molecule has 0 bridgehead atoms. The van der Waals surface area contributed by atoms with Gasteiger partial charge in [0.2, 0.25) is 11.8 Å². The number of carbonyl (C=O) groups is 2. The van der Waals surface area contributed by atoms with Gasteiger partial charge in [-0.15, -0.1) is 0 Å².